The molecule has 2 N–H and O–H groups in total. The van der Waals surface area contributed by atoms with Crippen LogP contribution in [0, 0.1) is 0 Å². The molecule has 0 amide bonds. The minimum Gasteiger partial charge on any atom is -0.491 e. The van der Waals surface area contributed by atoms with Crippen LogP contribution in [0.1, 0.15) is 42.1 Å². The van der Waals surface area contributed by atoms with Crippen LogP contribution in [0.5, 0.6) is 5.75 Å². The second kappa shape index (κ2) is 8.21. The van der Waals surface area contributed by atoms with Crippen molar-refractivity contribution in [3.8, 4) is 5.75 Å². The molecule has 5 heteroatoms. The molecule has 0 heterocycles. The van der Waals surface area contributed by atoms with E-state index in [1.807, 2.05) is 37.3 Å². The van der Waals surface area contributed by atoms with Gasteiger partial charge in [0.15, 0.2) is 0 Å². The SMILES string of the molecule is C/C=C\c1cc(C(N)COc2ccccc2C(F)(F)F)ccc1CC. The average molecular weight is 349 g/mol. The van der Waals surface area contributed by atoms with Gasteiger partial charge in [0, 0.05) is 0 Å². The maximum atomic E-state index is 13.0. The van der Waals surface area contributed by atoms with E-state index in [-0.39, 0.29) is 12.4 Å². The maximum absolute atomic E-state index is 13.0. The highest BCUT2D eigenvalue weighted by atomic mass is 19.4. The zero-order chi connectivity index (χ0) is 18.4. The van der Waals surface area contributed by atoms with E-state index in [2.05, 4.69) is 6.92 Å². The van der Waals surface area contributed by atoms with E-state index in [1.165, 1.54) is 23.8 Å². The van der Waals surface area contributed by atoms with Crippen LogP contribution in [0.15, 0.2) is 48.5 Å². The molecule has 0 bridgehead atoms. The van der Waals surface area contributed by atoms with Crippen molar-refractivity contribution in [3.05, 3.63) is 70.8 Å². The van der Waals surface area contributed by atoms with Crippen molar-refractivity contribution in [1.29, 1.82) is 0 Å². The van der Waals surface area contributed by atoms with Crippen LogP contribution in [0.25, 0.3) is 6.08 Å². The van der Waals surface area contributed by atoms with Crippen LogP contribution < -0.4 is 10.5 Å². The van der Waals surface area contributed by atoms with Gasteiger partial charge in [0.05, 0.1) is 11.6 Å². The first-order chi connectivity index (χ1) is 11.9. The molecule has 0 saturated heterocycles. The fourth-order valence-electron chi connectivity index (χ4n) is 2.60. The number of ether oxygens (including phenoxy) is 1. The lowest BCUT2D eigenvalue weighted by molar-refractivity contribution is -0.139. The van der Waals surface area contributed by atoms with E-state index in [4.69, 9.17) is 10.5 Å². The highest BCUT2D eigenvalue weighted by Crippen LogP contribution is 2.36. The lowest BCUT2D eigenvalue weighted by atomic mass is 9.98. The molecule has 2 nitrogen and oxygen atoms in total. The number of allylic oxidation sites excluding steroid dienone is 1. The predicted octanol–water partition coefficient (Wildman–Crippen LogP) is 5.38. The molecular formula is C20H22F3NO. The Bertz CT molecular complexity index is 738. The first-order valence-corrected chi connectivity index (χ1v) is 8.17. The summed E-state index contributed by atoms with van der Waals surface area (Å²) in [5.41, 5.74) is 8.42. The van der Waals surface area contributed by atoms with E-state index < -0.39 is 17.8 Å². The summed E-state index contributed by atoms with van der Waals surface area (Å²) in [5, 5.41) is 0. The molecule has 0 radical (unpaired) electrons. The Hall–Kier alpha value is -2.27. The quantitative estimate of drug-likeness (QED) is 0.760. The molecule has 1 unspecified atom stereocenters. The van der Waals surface area contributed by atoms with Gasteiger partial charge in [-0.3, -0.25) is 0 Å². The molecule has 25 heavy (non-hydrogen) atoms. The third kappa shape index (κ3) is 4.86. The van der Waals surface area contributed by atoms with Gasteiger partial charge in [0.25, 0.3) is 0 Å². The molecule has 0 spiro atoms. The monoisotopic (exact) mass is 349 g/mol. The first-order valence-electron chi connectivity index (χ1n) is 8.17. The van der Waals surface area contributed by atoms with Crippen LogP contribution >= 0.6 is 0 Å². The molecule has 0 aliphatic heterocycles. The second-order valence-corrected chi connectivity index (χ2v) is 5.72. The summed E-state index contributed by atoms with van der Waals surface area (Å²) >= 11 is 0. The minimum atomic E-state index is -4.46. The lowest BCUT2D eigenvalue weighted by Crippen LogP contribution is -2.20. The van der Waals surface area contributed by atoms with Crippen LogP contribution in [0.4, 0.5) is 13.2 Å². The smallest absolute Gasteiger partial charge is 0.419 e. The standard InChI is InChI=1S/C20H22F3NO/c1-3-7-15-12-16(11-10-14(15)4-2)18(24)13-25-19-9-6-5-8-17(19)20(21,22)23/h3,5-12,18H,4,13,24H2,1-2H3/b7-3-. The Kier molecular flexibility index (Phi) is 6.26. The molecule has 0 fully saturated rings. The Morgan fingerprint density at radius 1 is 1.16 bits per heavy atom. The van der Waals surface area contributed by atoms with Crippen molar-refractivity contribution in [1.82, 2.24) is 0 Å². The number of hydrogen-bond donors (Lipinski definition) is 1. The largest absolute Gasteiger partial charge is 0.491 e. The van der Waals surface area contributed by atoms with Crippen LogP contribution in [0.3, 0.4) is 0 Å². The summed E-state index contributed by atoms with van der Waals surface area (Å²) in [5.74, 6) is -0.204. The molecule has 1 atom stereocenters. The first kappa shape index (κ1) is 19.1. The Morgan fingerprint density at radius 2 is 1.88 bits per heavy atom. The number of nitrogens with two attached hydrogens (primary N) is 1. The van der Waals surface area contributed by atoms with Crippen molar-refractivity contribution in [3.63, 3.8) is 0 Å². The van der Waals surface area contributed by atoms with Crippen molar-refractivity contribution in [2.75, 3.05) is 6.61 Å². The highest BCUT2D eigenvalue weighted by Gasteiger charge is 2.34. The molecule has 0 aliphatic rings. The second-order valence-electron chi connectivity index (χ2n) is 5.72. The van der Waals surface area contributed by atoms with Gasteiger partial charge in [-0.2, -0.15) is 13.2 Å². The van der Waals surface area contributed by atoms with Crippen LogP contribution in [-0.4, -0.2) is 6.61 Å². The topological polar surface area (TPSA) is 35.2 Å². The average Bonchev–Trinajstić information content (AvgIpc) is 2.59. The summed E-state index contributed by atoms with van der Waals surface area (Å²) in [7, 11) is 0. The van der Waals surface area contributed by atoms with Crippen LogP contribution in [0.2, 0.25) is 0 Å². The molecule has 0 aliphatic carbocycles. The molecular weight excluding hydrogens is 327 g/mol. The maximum Gasteiger partial charge on any atom is 0.419 e. The Labute approximate surface area is 146 Å². The van der Waals surface area contributed by atoms with Gasteiger partial charge in [-0.15, -0.1) is 0 Å². The Morgan fingerprint density at radius 3 is 2.52 bits per heavy atom. The third-order valence-corrected chi connectivity index (χ3v) is 3.94. The number of para-hydroxylation sites is 1. The van der Waals surface area contributed by atoms with Gasteiger partial charge in [-0.05, 0) is 48.2 Å². The van der Waals surface area contributed by atoms with Crippen molar-refractivity contribution >= 4 is 6.08 Å². The summed E-state index contributed by atoms with van der Waals surface area (Å²) in [4.78, 5) is 0. The third-order valence-electron chi connectivity index (χ3n) is 3.94. The normalized spacial score (nSPS) is 13.2. The number of halogens is 3. The Balaban J connectivity index is 2.16. The van der Waals surface area contributed by atoms with E-state index in [1.54, 1.807) is 0 Å². The predicted molar refractivity (Wildman–Crippen MR) is 94.4 cm³/mol. The van der Waals surface area contributed by atoms with Gasteiger partial charge in [0.2, 0.25) is 0 Å². The van der Waals surface area contributed by atoms with Crippen LogP contribution in [-0.2, 0) is 12.6 Å². The number of benzene rings is 2. The number of rotatable bonds is 6. The number of hydrogen-bond acceptors (Lipinski definition) is 2. The highest BCUT2D eigenvalue weighted by molar-refractivity contribution is 5.55. The summed E-state index contributed by atoms with van der Waals surface area (Å²) in [6, 6.07) is 10.5. The summed E-state index contributed by atoms with van der Waals surface area (Å²) in [6.45, 7) is 3.97. The zero-order valence-electron chi connectivity index (χ0n) is 14.3. The number of aryl methyl sites for hydroxylation is 1. The van der Waals surface area contributed by atoms with Crippen molar-refractivity contribution < 1.29 is 17.9 Å². The van der Waals surface area contributed by atoms with Gasteiger partial charge >= 0.3 is 6.18 Å². The molecule has 0 saturated carbocycles. The van der Waals surface area contributed by atoms with Gasteiger partial charge in [0.1, 0.15) is 12.4 Å². The summed E-state index contributed by atoms with van der Waals surface area (Å²) in [6.07, 6.45) is 0.377. The molecule has 0 aromatic heterocycles. The van der Waals surface area contributed by atoms with Crippen molar-refractivity contribution in [2.24, 2.45) is 5.73 Å². The van der Waals surface area contributed by atoms with E-state index >= 15 is 0 Å². The number of alkyl halides is 3. The fraction of sp³-hybridized carbons (Fsp3) is 0.300. The molecule has 2 rings (SSSR count). The van der Waals surface area contributed by atoms with Gasteiger partial charge in [-0.1, -0.05) is 43.3 Å². The lowest BCUT2D eigenvalue weighted by Gasteiger charge is -2.18. The molecule has 2 aromatic rings. The van der Waals surface area contributed by atoms with Gasteiger partial charge < -0.3 is 10.5 Å². The summed E-state index contributed by atoms with van der Waals surface area (Å²) < 4.78 is 44.4. The van der Waals surface area contributed by atoms with Crippen molar-refractivity contribution in [2.45, 2.75) is 32.5 Å². The minimum absolute atomic E-state index is 0.0339. The fourth-order valence-corrected chi connectivity index (χ4v) is 2.60. The van der Waals surface area contributed by atoms with E-state index in [0.717, 1.165) is 23.6 Å². The van der Waals surface area contributed by atoms with E-state index in [9.17, 15) is 13.2 Å². The van der Waals surface area contributed by atoms with E-state index in [0.29, 0.717) is 0 Å². The zero-order valence-corrected chi connectivity index (χ0v) is 14.3. The molecule has 134 valence electrons. The molecule has 2 aromatic carbocycles. The van der Waals surface area contributed by atoms with Gasteiger partial charge in [-0.25, -0.2) is 0 Å².